The molecule has 0 aliphatic carbocycles. The first-order valence-electron chi connectivity index (χ1n) is 7.26. The van der Waals surface area contributed by atoms with Gasteiger partial charge >= 0.3 is 6.09 Å². The second kappa shape index (κ2) is 5.02. The molecule has 0 radical (unpaired) electrons. The maximum Gasteiger partial charge on any atom is 0.410 e. The molecule has 2 bridgehead atoms. The van der Waals surface area contributed by atoms with E-state index < -0.39 is 17.2 Å². The molecule has 2 rings (SSSR count). The molecule has 4 unspecified atom stereocenters. The van der Waals surface area contributed by atoms with E-state index >= 15 is 0 Å². The number of likely N-dealkylation sites (N-methyl/N-ethyl adjacent to an activating group) is 1. The monoisotopic (exact) mass is 283 g/mol. The van der Waals surface area contributed by atoms with Gasteiger partial charge in [-0.2, -0.15) is 0 Å². The molecule has 4 atom stereocenters. The van der Waals surface area contributed by atoms with E-state index in [1.165, 1.54) is 4.90 Å². The molecular weight excluding hydrogens is 258 g/mol. The van der Waals surface area contributed by atoms with Crippen LogP contribution < -0.4 is 0 Å². The van der Waals surface area contributed by atoms with Gasteiger partial charge in [-0.15, -0.1) is 0 Å². The van der Waals surface area contributed by atoms with Crippen molar-refractivity contribution in [3.8, 4) is 0 Å². The molecular formula is C15H25NO4. The number of aldehydes is 1. The number of rotatable bonds is 3. The average molecular weight is 283 g/mol. The van der Waals surface area contributed by atoms with Gasteiger partial charge in [-0.1, -0.05) is 0 Å². The first kappa shape index (κ1) is 15.3. The summed E-state index contributed by atoms with van der Waals surface area (Å²) in [5.41, 5.74) is -1.44. The normalized spacial score (nSPS) is 31.8. The third-order valence-electron chi connectivity index (χ3n) is 4.49. The molecule has 0 N–H and O–H groups in total. The molecule has 20 heavy (non-hydrogen) atoms. The number of carbonyl (C=O) groups is 2. The van der Waals surface area contributed by atoms with Gasteiger partial charge in [0.05, 0.1) is 12.2 Å². The van der Waals surface area contributed by atoms with Gasteiger partial charge in [0.15, 0.2) is 0 Å². The van der Waals surface area contributed by atoms with Gasteiger partial charge in [-0.3, -0.25) is 4.90 Å². The second-order valence-corrected chi connectivity index (χ2v) is 7.10. The lowest BCUT2D eigenvalue weighted by atomic mass is 9.75. The standard InChI is InChI=1S/C15H25NO4/c1-14(2,3)20-13(18)16(5)15(4,9-17)11-8-10-6-7-12(11)19-10/h9-12H,6-8H2,1-5H3. The topological polar surface area (TPSA) is 55.8 Å². The molecule has 0 aromatic rings. The summed E-state index contributed by atoms with van der Waals surface area (Å²) in [7, 11) is 1.63. The Kier molecular flexibility index (Phi) is 3.84. The molecule has 0 spiro atoms. The average Bonchev–Trinajstić information content (AvgIpc) is 2.97. The zero-order chi connectivity index (χ0) is 15.1. The van der Waals surface area contributed by atoms with Gasteiger partial charge < -0.3 is 14.3 Å². The highest BCUT2D eigenvalue weighted by Crippen LogP contribution is 2.45. The van der Waals surface area contributed by atoms with E-state index in [-0.39, 0.29) is 18.1 Å². The van der Waals surface area contributed by atoms with Crippen LogP contribution in [0, 0.1) is 5.92 Å². The lowest BCUT2D eigenvalue weighted by Gasteiger charge is -2.41. The van der Waals surface area contributed by atoms with Crippen LogP contribution in [0.3, 0.4) is 0 Å². The van der Waals surface area contributed by atoms with E-state index in [2.05, 4.69) is 0 Å². The summed E-state index contributed by atoms with van der Waals surface area (Å²) in [4.78, 5) is 25.4. The van der Waals surface area contributed by atoms with Gasteiger partial charge in [-0.05, 0) is 47.0 Å². The predicted molar refractivity (Wildman–Crippen MR) is 74.5 cm³/mol. The van der Waals surface area contributed by atoms with Crippen molar-refractivity contribution in [3.63, 3.8) is 0 Å². The lowest BCUT2D eigenvalue weighted by molar-refractivity contribution is -0.121. The van der Waals surface area contributed by atoms with Crippen molar-refractivity contribution >= 4 is 12.4 Å². The van der Waals surface area contributed by atoms with Crippen molar-refractivity contribution in [2.75, 3.05) is 7.05 Å². The number of nitrogens with zero attached hydrogens (tertiary/aromatic N) is 1. The quantitative estimate of drug-likeness (QED) is 0.746. The summed E-state index contributed by atoms with van der Waals surface area (Å²) in [6.45, 7) is 7.26. The summed E-state index contributed by atoms with van der Waals surface area (Å²) >= 11 is 0. The van der Waals surface area contributed by atoms with Crippen LogP contribution >= 0.6 is 0 Å². The molecule has 2 aliphatic heterocycles. The van der Waals surface area contributed by atoms with E-state index in [9.17, 15) is 9.59 Å². The van der Waals surface area contributed by atoms with Crippen LogP contribution in [0.2, 0.25) is 0 Å². The maximum absolute atomic E-state index is 12.2. The Morgan fingerprint density at radius 1 is 1.30 bits per heavy atom. The van der Waals surface area contributed by atoms with Crippen LogP contribution in [0.4, 0.5) is 4.79 Å². The summed E-state index contributed by atoms with van der Waals surface area (Å²) in [5.74, 6) is 0.0521. The van der Waals surface area contributed by atoms with Crippen molar-refractivity contribution < 1.29 is 19.1 Å². The van der Waals surface area contributed by atoms with Gasteiger partial charge in [0.1, 0.15) is 17.4 Å². The zero-order valence-electron chi connectivity index (χ0n) is 13.0. The van der Waals surface area contributed by atoms with Crippen molar-refractivity contribution in [1.82, 2.24) is 4.90 Å². The third-order valence-corrected chi connectivity index (χ3v) is 4.49. The van der Waals surface area contributed by atoms with Crippen LogP contribution in [0.1, 0.15) is 47.0 Å². The summed E-state index contributed by atoms with van der Waals surface area (Å²) in [6.07, 6.45) is 3.61. The molecule has 0 aromatic carbocycles. The van der Waals surface area contributed by atoms with E-state index in [0.29, 0.717) is 0 Å². The third kappa shape index (κ3) is 2.68. The molecule has 2 saturated heterocycles. The summed E-state index contributed by atoms with van der Waals surface area (Å²) < 4.78 is 11.2. The number of ether oxygens (including phenoxy) is 2. The van der Waals surface area contributed by atoms with Crippen LogP contribution in [-0.2, 0) is 14.3 Å². The zero-order valence-corrected chi connectivity index (χ0v) is 13.0. The molecule has 5 nitrogen and oxygen atoms in total. The van der Waals surface area contributed by atoms with Crippen LogP contribution in [0.15, 0.2) is 0 Å². The van der Waals surface area contributed by atoms with Crippen molar-refractivity contribution in [3.05, 3.63) is 0 Å². The molecule has 1 amide bonds. The Bertz CT molecular complexity index is 403. The molecule has 2 aliphatic rings. The van der Waals surface area contributed by atoms with Crippen LogP contribution in [-0.4, -0.2) is 47.7 Å². The Hall–Kier alpha value is -1.10. The molecule has 2 fully saturated rings. The Labute approximate surface area is 120 Å². The highest BCUT2D eigenvalue weighted by molar-refractivity contribution is 5.76. The molecule has 2 heterocycles. The highest BCUT2D eigenvalue weighted by atomic mass is 16.6. The fourth-order valence-electron chi connectivity index (χ4n) is 3.20. The first-order valence-corrected chi connectivity index (χ1v) is 7.26. The molecule has 5 heteroatoms. The first-order chi connectivity index (χ1) is 9.17. The Morgan fingerprint density at radius 3 is 2.35 bits per heavy atom. The van der Waals surface area contributed by atoms with Gasteiger partial charge in [0.2, 0.25) is 0 Å². The van der Waals surface area contributed by atoms with E-state index in [0.717, 1.165) is 25.5 Å². The minimum absolute atomic E-state index is 0.0521. The molecule has 0 saturated carbocycles. The minimum atomic E-state index is -0.873. The number of fused-ring (bicyclic) bond motifs is 2. The van der Waals surface area contributed by atoms with E-state index in [1.807, 2.05) is 20.8 Å². The van der Waals surface area contributed by atoms with Crippen molar-refractivity contribution in [2.24, 2.45) is 5.92 Å². The van der Waals surface area contributed by atoms with E-state index in [1.54, 1.807) is 14.0 Å². The lowest BCUT2D eigenvalue weighted by Crippen LogP contribution is -2.57. The fraction of sp³-hybridized carbons (Fsp3) is 0.867. The SMILES string of the molecule is CN(C(=O)OC(C)(C)C)C(C)(C=O)C1CC2CCC1O2. The van der Waals surface area contributed by atoms with Gasteiger partial charge in [0.25, 0.3) is 0 Å². The fourth-order valence-corrected chi connectivity index (χ4v) is 3.20. The summed E-state index contributed by atoms with van der Waals surface area (Å²) in [6, 6.07) is 0. The molecule has 0 aromatic heterocycles. The Balaban J connectivity index is 2.13. The number of amides is 1. The molecule has 114 valence electrons. The predicted octanol–water partition coefficient (Wildman–Crippen LogP) is 2.38. The Morgan fingerprint density at radius 2 is 1.95 bits per heavy atom. The largest absolute Gasteiger partial charge is 0.444 e. The van der Waals surface area contributed by atoms with Gasteiger partial charge in [-0.25, -0.2) is 4.79 Å². The second-order valence-electron chi connectivity index (χ2n) is 7.10. The number of carbonyl (C=O) groups excluding carboxylic acids is 2. The smallest absolute Gasteiger partial charge is 0.410 e. The van der Waals surface area contributed by atoms with Gasteiger partial charge in [0, 0.05) is 13.0 Å². The van der Waals surface area contributed by atoms with Crippen LogP contribution in [0.25, 0.3) is 0 Å². The maximum atomic E-state index is 12.2. The van der Waals surface area contributed by atoms with Crippen molar-refractivity contribution in [1.29, 1.82) is 0 Å². The van der Waals surface area contributed by atoms with Crippen molar-refractivity contribution in [2.45, 2.75) is 70.3 Å². The number of hydrogen-bond acceptors (Lipinski definition) is 4. The highest BCUT2D eigenvalue weighted by Gasteiger charge is 2.53. The van der Waals surface area contributed by atoms with E-state index in [4.69, 9.17) is 9.47 Å². The minimum Gasteiger partial charge on any atom is -0.444 e. The van der Waals surface area contributed by atoms with Crippen LogP contribution in [0.5, 0.6) is 0 Å². The number of hydrogen-bond donors (Lipinski definition) is 0. The summed E-state index contributed by atoms with van der Waals surface area (Å²) in [5, 5.41) is 0.